The number of aryl methyl sites for hydroxylation is 1. The zero-order valence-electron chi connectivity index (χ0n) is 16.1. The maximum absolute atomic E-state index is 4.92. The highest BCUT2D eigenvalue weighted by molar-refractivity contribution is 5.83. The molecule has 1 saturated heterocycles. The highest BCUT2D eigenvalue weighted by Crippen LogP contribution is 2.26. The smallest absolute Gasteiger partial charge is 0.194 e. The average Bonchev–Trinajstić information content (AvgIpc) is 3.34. The van der Waals surface area contributed by atoms with Crippen molar-refractivity contribution < 1.29 is 0 Å². The molecule has 2 heterocycles. The highest BCUT2D eigenvalue weighted by atomic mass is 15.3. The van der Waals surface area contributed by atoms with Gasteiger partial charge in [0.25, 0.3) is 0 Å². The minimum Gasteiger partial charge on any atom is -0.357 e. The molecule has 1 fully saturated rings. The third-order valence-corrected chi connectivity index (χ3v) is 5.24. The molecule has 1 aliphatic rings. The Morgan fingerprint density at radius 2 is 2.07 bits per heavy atom. The molecule has 27 heavy (non-hydrogen) atoms. The number of guanidine groups is 1. The van der Waals surface area contributed by atoms with Gasteiger partial charge in [0.15, 0.2) is 5.96 Å². The summed E-state index contributed by atoms with van der Waals surface area (Å²) >= 11 is 0. The van der Waals surface area contributed by atoms with Gasteiger partial charge in [-0.25, -0.2) is 4.99 Å². The third-order valence-electron chi connectivity index (χ3n) is 5.24. The zero-order valence-corrected chi connectivity index (χ0v) is 16.1. The van der Waals surface area contributed by atoms with Gasteiger partial charge in [0.05, 0.1) is 12.7 Å². The molecule has 1 N–H and O–H groups in total. The van der Waals surface area contributed by atoms with Crippen LogP contribution in [-0.2, 0) is 13.6 Å². The summed E-state index contributed by atoms with van der Waals surface area (Å²) in [4.78, 5) is 7.29. The molecule has 0 aliphatic carbocycles. The van der Waals surface area contributed by atoms with Crippen molar-refractivity contribution in [2.24, 2.45) is 12.0 Å². The molecule has 0 saturated carbocycles. The second kappa shape index (κ2) is 7.82. The van der Waals surface area contributed by atoms with Gasteiger partial charge in [-0.3, -0.25) is 4.68 Å². The Labute approximate surface area is 160 Å². The van der Waals surface area contributed by atoms with E-state index in [0.717, 1.165) is 32.0 Å². The van der Waals surface area contributed by atoms with Crippen LogP contribution in [0.4, 0.5) is 0 Å². The Kier molecular flexibility index (Phi) is 5.10. The van der Waals surface area contributed by atoms with E-state index in [1.54, 1.807) is 0 Å². The molecule has 0 amide bonds. The second-order valence-corrected chi connectivity index (χ2v) is 7.23. The standard InChI is InChI=1S/C22H27N5/c1-3-23-22(27-11-10-20(16-27)21-14-25-26(2)15-21)24-13-17-8-9-18-6-4-5-7-19(18)12-17/h4-9,12,14-15,20H,3,10-11,13,16H2,1-2H3,(H,23,24). The van der Waals surface area contributed by atoms with Gasteiger partial charge in [-0.1, -0.05) is 36.4 Å². The Morgan fingerprint density at radius 1 is 1.22 bits per heavy atom. The van der Waals surface area contributed by atoms with E-state index in [1.807, 2.05) is 17.9 Å². The van der Waals surface area contributed by atoms with Crippen molar-refractivity contribution in [3.05, 3.63) is 66.0 Å². The van der Waals surface area contributed by atoms with Crippen LogP contribution in [0.2, 0.25) is 0 Å². The van der Waals surface area contributed by atoms with Crippen LogP contribution in [0.25, 0.3) is 10.8 Å². The summed E-state index contributed by atoms with van der Waals surface area (Å²) in [6.45, 7) is 5.73. The molecule has 0 spiro atoms. The molecule has 140 valence electrons. The number of likely N-dealkylation sites (tertiary alicyclic amines) is 1. The van der Waals surface area contributed by atoms with E-state index in [1.165, 1.54) is 21.9 Å². The first kappa shape index (κ1) is 17.6. The first-order valence-corrected chi connectivity index (χ1v) is 9.72. The number of aliphatic imine (C=N–C) groups is 1. The number of aromatic nitrogens is 2. The maximum atomic E-state index is 4.92. The van der Waals surface area contributed by atoms with Gasteiger partial charge in [-0.15, -0.1) is 0 Å². The molecule has 5 nitrogen and oxygen atoms in total. The largest absolute Gasteiger partial charge is 0.357 e. The fourth-order valence-corrected chi connectivity index (χ4v) is 3.80. The van der Waals surface area contributed by atoms with Crippen LogP contribution in [0.3, 0.4) is 0 Å². The quantitative estimate of drug-likeness (QED) is 0.571. The van der Waals surface area contributed by atoms with Crippen LogP contribution in [-0.4, -0.2) is 40.3 Å². The van der Waals surface area contributed by atoms with Gasteiger partial charge in [-0.05, 0) is 41.3 Å². The van der Waals surface area contributed by atoms with E-state index in [2.05, 4.69) is 70.9 Å². The lowest BCUT2D eigenvalue weighted by Gasteiger charge is -2.21. The lowest BCUT2D eigenvalue weighted by Crippen LogP contribution is -2.40. The zero-order chi connectivity index (χ0) is 18.6. The lowest BCUT2D eigenvalue weighted by molar-refractivity contribution is 0.486. The lowest BCUT2D eigenvalue weighted by atomic mass is 10.0. The highest BCUT2D eigenvalue weighted by Gasteiger charge is 2.26. The minimum atomic E-state index is 0.531. The Morgan fingerprint density at radius 3 is 2.85 bits per heavy atom. The Bertz CT molecular complexity index is 943. The number of hydrogen-bond donors (Lipinski definition) is 1. The fraction of sp³-hybridized carbons (Fsp3) is 0.364. The number of nitrogens with zero attached hydrogens (tertiary/aromatic N) is 4. The number of rotatable bonds is 4. The molecular formula is C22H27N5. The Balaban J connectivity index is 1.48. The molecule has 0 bridgehead atoms. The molecule has 3 aromatic rings. The van der Waals surface area contributed by atoms with Crippen molar-refractivity contribution in [2.75, 3.05) is 19.6 Å². The second-order valence-electron chi connectivity index (χ2n) is 7.23. The SMILES string of the molecule is CCNC(=NCc1ccc2ccccc2c1)N1CCC(c2cnn(C)c2)C1. The van der Waals surface area contributed by atoms with Gasteiger partial charge in [0.2, 0.25) is 0 Å². The van der Waals surface area contributed by atoms with Crippen molar-refractivity contribution in [3.63, 3.8) is 0 Å². The van der Waals surface area contributed by atoms with Crippen molar-refractivity contribution in [1.82, 2.24) is 20.0 Å². The summed E-state index contributed by atoms with van der Waals surface area (Å²) in [7, 11) is 1.98. The molecule has 2 aromatic carbocycles. The first-order valence-electron chi connectivity index (χ1n) is 9.72. The maximum Gasteiger partial charge on any atom is 0.194 e. The number of benzene rings is 2. The summed E-state index contributed by atoms with van der Waals surface area (Å²) < 4.78 is 1.89. The minimum absolute atomic E-state index is 0.531. The molecular weight excluding hydrogens is 334 g/mol. The molecule has 4 rings (SSSR count). The number of hydrogen-bond acceptors (Lipinski definition) is 2. The monoisotopic (exact) mass is 361 g/mol. The molecule has 1 unspecified atom stereocenters. The van der Waals surface area contributed by atoms with Crippen LogP contribution in [0.1, 0.15) is 30.4 Å². The summed E-state index contributed by atoms with van der Waals surface area (Å²) in [6, 6.07) is 15.1. The Hall–Kier alpha value is -2.82. The summed E-state index contributed by atoms with van der Waals surface area (Å²) in [5, 5.41) is 10.3. The van der Waals surface area contributed by atoms with E-state index in [9.17, 15) is 0 Å². The van der Waals surface area contributed by atoms with Crippen LogP contribution in [0, 0.1) is 0 Å². The van der Waals surface area contributed by atoms with Crippen LogP contribution < -0.4 is 5.32 Å². The van der Waals surface area contributed by atoms with Crippen molar-refractivity contribution in [1.29, 1.82) is 0 Å². The predicted molar refractivity (Wildman–Crippen MR) is 111 cm³/mol. The number of fused-ring (bicyclic) bond motifs is 1. The van der Waals surface area contributed by atoms with Gasteiger partial charge >= 0.3 is 0 Å². The van der Waals surface area contributed by atoms with Crippen molar-refractivity contribution in [3.8, 4) is 0 Å². The molecule has 5 heteroatoms. The fourth-order valence-electron chi connectivity index (χ4n) is 3.80. The van der Waals surface area contributed by atoms with Crippen LogP contribution in [0.15, 0.2) is 59.9 Å². The number of nitrogens with one attached hydrogen (secondary N) is 1. The average molecular weight is 361 g/mol. The molecule has 1 atom stereocenters. The molecule has 1 aromatic heterocycles. The predicted octanol–water partition coefficient (Wildman–Crippen LogP) is 3.53. The summed E-state index contributed by atoms with van der Waals surface area (Å²) in [5.74, 6) is 1.54. The topological polar surface area (TPSA) is 45.5 Å². The van der Waals surface area contributed by atoms with E-state index in [-0.39, 0.29) is 0 Å². The van der Waals surface area contributed by atoms with Gasteiger partial charge in [0.1, 0.15) is 0 Å². The third kappa shape index (κ3) is 3.97. The summed E-state index contributed by atoms with van der Waals surface area (Å²) in [6.07, 6.45) is 5.27. The normalized spacial score (nSPS) is 17.6. The summed E-state index contributed by atoms with van der Waals surface area (Å²) in [5.41, 5.74) is 2.57. The van der Waals surface area contributed by atoms with E-state index in [0.29, 0.717) is 12.5 Å². The van der Waals surface area contributed by atoms with E-state index >= 15 is 0 Å². The van der Waals surface area contributed by atoms with E-state index in [4.69, 9.17) is 4.99 Å². The molecule has 1 aliphatic heterocycles. The van der Waals surface area contributed by atoms with Crippen molar-refractivity contribution >= 4 is 16.7 Å². The van der Waals surface area contributed by atoms with Gasteiger partial charge in [-0.2, -0.15) is 5.10 Å². The van der Waals surface area contributed by atoms with Gasteiger partial charge < -0.3 is 10.2 Å². The van der Waals surface area contributed by atoms with Gasteiger partial charge in [0, 0.05) is 38.8 Å². The van der Waals surface area contributed by atoms with Crippen molar-refractivity contribution in [2.45, 2.75) is 25.8 Å². The first-order chi connectivity index (χ1) is 13.2. The van der Waals surface area contributed by atoms with Crippen LogP contribution in [0.5, 0.6) is 0 Å². The van der Waals surface area contributed by atoms with Crippen LogP contribution >= 0.6 is 0 Å². The molecule has 0 radical (unpaired) electrons. The van der Waals surface area contributed by atoms with E-state index < -0.39 is 0 Å².